The summed E-state index contributed by atoms with van der Waals surface area (Å²) in [6.45, 7) is 6.73. The molecule has 0 aromatic heterocycles. The fourth-order valence-electron chi connectivity index (χ4n) is 2.40. The Morgan fingerprint density at radius 3 is 2.74 bits per heavy atom. The van der Waals surface area contributed by atoms with Crippen molar-refractivity contribution in [2.24, 2.45) is 5.92 Å². The first kappa shape index (κ1) is 13.8. The van der Waals surface area contributed by atoms with Crippen molar-refractivity contribution in [2.75, 3.05) is 6.61 Å². The van der Waals surface area contributed by atoms with Gasteiger partial charge < -0.3 is 9.47 Å². The van der Waals surface area contributed by atoms with Crippen LogP contribution in [0.3, 0.4) is 0 Å². The van der Waals surface area contributed by atoms with E-state index in [-0.39, 0.29) is 12.1 Å². The molecular formula is C16H20O3. The van der Waals surface area contributed by atoms with Crippen LogP contribution in [0.15, 0.2) is 42.5 Å². The Balaban J connectivity index is 1.75. The minimum absolute atomic E-state index is 0.122. The van der Waals surface area contributed by atoms with E-state index in [1.807, 2.05) is 30.3 Å². The minimum Gasteiger partial charge on any atom is -0.458 e. The van der Waals surface area contributed by atoms with Crippen LogP contribution in [0.5, 0.6) is 0 Å². The Morgan fingerprint density at radius 2 is 2.05 bits per heavy atom. The van der Waals surface area contributed by atoms with Gasteiger partial charge in [-0.2, -0.15) is 0 Å². The lowest BCUT2D eigenvalue weighted by Gasteiger charge is -2.15. The Labute approximate surface area is 114 Å². The average Bonchev–Trinajstić information content (AvgIpc) is 2.72. The highest BCUT2D eigenvalue weighted by Gasteiger charge is 2.30. The second-order valence-electron chi connectivity index (χ2n) is 4.95. The number of rotatable bonds is 5. The molecule has 0 radical (unpaired) electrons. The fourth-order valence-corrected chi connectivity index (χ4v) is 2.40. The first-order valence-electron chi connectivity index (χ1n) is 6.64. The normalized spacial score (nSPS) is 22.5. The summed E-state index contributed by atoms with van der Waals surface area (Å²) in [4.78, 5) is 11.0. The molecule has 0 unspecified atom stereocenters. The molecule has 0 aliphatic heterocycles. The van der Waals surface area contributed by atoms with Crippen molar-refractivity contribution in [3.05, 3.63) is 48.0 Å². The molecule has 2 rings (SSSR count). The molecule has 2 atom stereocenters. The molecule has 1 aromatic carbocycles. The number of hydrogen-bond donors (Lipinski definition) is 0. The van der Waals surface area contributed by atoms with Crippen molar-refractivity contribution in [2.45, 2.75) is 32.5 Å². The van der Waals surface area contributed by atoms with Gasteiger partial charge in [-0.3, -0.25) is 4.79 Å². The van der Waals surface area contributed by atoms with Gasteiger partial charge in [0.2, 0.25) is 0 Å². The van der Waals surface area contributed by atoms with E-state index in [9.17, 15) is 4.79 Å². The standard InChI is InChI=1S/C16H20O3/c1-12-15(8-9-16(12)19-13(2)17)11-18-10-14-6-4-3-5-7-14/h3-7,15-16H,1,8-11H2,2H3/t15-,16+/m0/s1. The number of esters is 1. The summed E-state index contributed by atoms with van der Waals surface area (Å²) in [6, 6.07) is 10.1. The van der Waals surface area contributed by atoms with E-state index in [1.54, 1.807) is 0 Å². The maximum atomic E-state index is 11.0. The van der Waals surface area contributed by atoms with Crippen LogP contribution in [0, 0.1) is 5.92 Å². The van der Waals surface area contributed by atoms with Gasteiger partial charge in [0.15, 0.2) is 0 Å². The molecule has 1 saturated carbocycles. The molecule has 0 N–H and O–H groups in total. The van der Waals surface area contributed by atoms with Crippen LogP contribution in [-0.2, 0) is 20.9 Å². The molecule has 3 nitrogen and oxygen atoms in total. The van der Waals surface area contributed by atoms with Crippen molar-refractivity contribution in [1.29, 1.82) is 0 Å². The summed E-state index contributed by atoms with van der Waals surface area (Å²) in [7, 11) is 0. The third-order valence-electron chi connectivity index (χ3n) is 3.45. The summed E-state index contributed by atoms with van der Waals surface area (Å²) in [5, 5.41) is 0. The molecule has 1 aliphatic rings. The lowest BCUT2D eigenvalue weighted by atomic mass is 10.1. The summed E-state index contributed by atoms with van der Waals surface area (Å²) in [5.41, 5.74) is 2.16. The first-order chi connectivity index (χ1) is 9.16. The Morgan fingerprint density at radius 1 is 1.32 bits per heavy atom. The van der Waals surface area contributed by atoms with Gasteiger partial charge in [-0.15, -0.1) is 0 Å². The monoisotopic (exact) mass is 260 g/mol. The van der Waals surface area contributed by atoms with Gasteiger partial charge in [0, 0.05) is 12.8 Å². The van der Waals surface area contributed by atoms with E-state index < -0.39 is 0 Å². The molecule has 1 aliphatic carbocycles. The van der Waals surface area contributed by atoms with Gasteiger partial charge in [-0.25, -0.2) is 0 Å². The largest absolute Gasteiger partial charge is 0.458 e. The van der Waals surface area contributed by atoms with Gasteiger partial charge in [-0.1, -0.05) is 36.9 Å². The van der Waals surface area contributed by atoms with E-state index in [1.165, 1.54) is 12.5 Å². The summed E-state index contributed by atoms with van der Waals surface area (Å²) < 4.78 is 11.0. The van der Waals surface area contributed by atoms with Gasteiger partial charge in [0.05, 0.1) is 13.2 Å². The number of ether oxygens (including phenoxy) is 2. The van der Waals surface area contributed by atoms with Crippen LogP contribution >= 0.6 is 0 Å². The smallest absolute Gasteiger partial charge is 0.303 e. The van der Waals surface area contributed by atoms with Crippen molar-refractivity contribution in [1.82, 2.24) is 0 Å². The highest BCUT2D eigenvalue weighted by Crippen LogP contribution is 2.32. The van der Waals surface area contributed by atoms with Crippen LogP contribution < -0.4 is 0 Å². The second-order valence-corrected chi connectivity index (χ2v) is 4.95. The topological polar surface area (TPSA) is 35.5 Å². The van der Waals surface area contributed by atoms with Crippen molar-refractivity contribution < 1.29 is 14.3 Å². The molecule has 0 saturated heterocycles. The van der Waals surface area contributed by atoms with Crippen molar-refractivity contribution in [3.63, 3.8) is 0 Å². The molecular weight excluding hydrogens is 240 g/mol. The van der Waals surface area contributed by atoms with Crippen LogP contribution in [0.2, 0.25) is 0 Å². The lowest BCUT2D eigenvalue weighted by Crippen LogP contribution is -2.16. The quantitative estimate of drug-likeness (QED) is 0.603. The highest BCUT2D eigenvalue weighted by molar-refractivity contribution is 5.66. The third kappa shape index (κ3) is 3.93. The highest BCUT2D eigenvalue weighted by atomic mass is 16.5. The van der Waals surface area contributed by atoms with Crippen LogP contribution in [-0.4, -0.2) is 18.7 Å². The van der Waals surface area contributed by atoms with E-state index in [4.69, 9.17) is 9.47 Å². The Kier molecular flexibility index (Phi) is 4.74. The van der Waals surface area contributed by atoms with E-state index in [2.05, 4.69) is 6.58 Å². The van der Waals surface area contributed by atoms with Gasteiger partial charge in [0.25, 0.3) is 0 Å². The molecule has 0 bridgehead atoms. The zero-order valence-electron chi connectivity index (χ0n) is 11.3. The molecule has 3 heteroatoms. The third-order valence-corrected chi connectivity index (χ3v) is 3.45. The SMILES string of the molecule is C=C1[C@H](COCc2ccccc2)CC[C@H]1OC(C)=O. The average molecular weight is 260 g/mol. The summed E-state index contributed by atoms with van der Waals surface area (Å²) in [5.74, 6) is 0.0602. The second kappa shape index (κ2) is 6.53. The fraction of sp³-hybridized carbons (Fsp3) is 0.438. The Bertz CT molecular complexity index is 439. The molecule has 0 spiro atoms. The number of carbonyl (C=O) groups excluding carboxylic acids is 1. The first-order valence-corrected chi connectivity index (χ1v) is 6.64. The van der Waals surface area contributed by atoms with E-state index in [0.29, 0.717) is 19.1 Å². The van der Waals surface area contributed by atoms with Gasteiger partial charge in [-0.05, 0) is 24.0 Å². The predicted molar refractivity (Wildman–Crippen MR) is 73.5 cm³/mol. The van der Waals surface area contributed by atoms with Crippen molar-refractivity contribution >= 4 is 5.97 Å². The van der Waals surface area contributed by atoms with Crippen LogP contribution in [0.1, 0.15) is 25.3 Å². The van der Waals surface area contributed by atoms with Crippen LogP contribution in [0.25, 0.3) is 0 Å². The maximum absolute atomic E-state index is 11.0. The number of carbonyl (C=O) groups is 1. The molecule has 102 valence electrons. The lowest BCUT2D eigenvalue weighted by molar-refractivity contribution is -0.144. The zero-order valence-corrected chi connectivity index (χ0v) is 11.3. The van der Waals surface area contributed by atoms with Crippen molar-refractivity contribution in [3.8, 4) is 0 Å². The van der Waals surface area contributed by atoms with Gasteiger partial charge in [0.1, 0.15) is 6.10 Å². The Hall–Kier alpha value is -1.61. The maximum Gasteiger partial charge on any atom is 0.303 e. The summed E-state index contributed by atoms with van der Waals surface area (Å²) >= 11 is 0. The molecule has 19 heavy (non-hydrogen) atoms. The summed E-state index contributed by atoms with van der Waals surface area (Å²) in [6.07, 6.45) is 1.71. The van der Waals surface area contributed by atoms with E-state index in [0.717, 1.165) is 18.4 Å². The zero-order chi connectivity index (χ0) is 13.7. The predicted octanol–water partition coefficient (Wildman–Crippen LogP) is 3.10. The molecule has 0 amide bonds. The number of benzene rings is 1. The van der Waals surface area contributed by atoms with Crippen LogP contribution in [0.4, 0.5) is 0 Å². The minimum atomic E-state index is -0.239. The molecule has 1 fully saturated rings. The van der Waals surface area contributed by atoms with E-state index >= 15 is 0 Å². The number of hydrogen-bond acceptors (Lipinski definition) is 3. The molecule has 1 aromatic rings. The molecule has 0 heterocycles. The van der Waals surface area contributed by atoms with Gasteiger partial charge >= 0.3 is 5.97 Å².